The molecular formula is C11H17BrN2O2S. The summed E-state index contributed by atoms with van der Waals surface area (Å²) in [5.41, 5.74) is 5.27. The number of hydrogen-bond donors (Lipinski definition) is 3. The number of amides is 1. The van der Waals surface area contributed by atoms with E-state index in [1.807, 2.05) is 11.4 Å². The second-order valence-electron chi connectivity index (χ2n) is 4.52. The average molecular weight is 321 g/mol. The Kier molecular flexibility index (Phi) is 5.12. The smallest absolute Gasteiger partial charge is 0.239 e. The summed E-state index contributed by atoms with van der Waals surface area (Å²) in [6.45, 7) is 4.26. The number of thiophene rings is 1. The lowest BCUT2D eigenvalue weighted by molar-refractivity contribution is -0.123. The van der Waals surface area contributed by atoms with Crippen molar-refractivity contribution in [3.8, 4) is 0 Å². The maximum absolute atomic E-state index is 11.5. The van der Waals surface area contributed by atoms with Crippen molar-refractivity contribution in [2.45, 2.75) is 25.3 Å². The molecule has 0 spiro atoms. The third kappa shape index (κ3) is 4.06. The molecule has 1 heterocycles. The first-order valence-corrected chi connectivity index (χ1v) is 6.93. The van der Waals surface area contributed by atoms with Crippen molar-refractivity contribution in [1.82, 2.24) is 5.32 Å². The Morgan fingerprint density at radius 1 is 1.71 bits per heavy atom. The van der Waals surface area contributed by atoms with Crippen LogP contribution in [0.1, 0.15) is 18.7 Å². The molecule has 0 radical (unpaired) electrons. The predicted molar refractivity (Wildman–Crippen MR) is 73.1 cm³/mol. The molecule has 0 fully saturated rings. The molecule has 0 aromatic carbocycles. The van der Waals surface area contributed by atoms with Crippen LogP contribution in [-0.4, -0.2) is 30.2 Å². The van der Waals surface area contributed by atoms with Crippen LogP contribution in [0.15, 0.2) is 15.9 Å². The van der Waals surface area contributed by atoms with Crippen LogP contribution in [0, 0.1) is 0 Å². The summed E-state index contributed by atoms with van der Waals surface area (Å²) < 4.78 is 1.05. The summed E-state index contributed by atoms with van der Waals surface area (Å²) in [7, 11) is 0. The van der Waals surface area contributed by atoms with Crippen LogP contribution in [0.4, 0.5) is 0 Å². The van der Waals surface area contributed by atoms with E-state index in [4.69, 9.17) is 10.8 Å². The minimum absolute atomic E-state index is 0.151. The number of nitrogens with one attached hydrogen (secondary N) is 1. The molecule has 0 bridgehead atoms. The standard InChI is InChI=1S/C11H17BrN2O2S/c1-11(2,9-3-7(12)5-17-9)6-14-10(16)8(13)4-15/h3,5,8,15H,4,6,13H2,1-2H3,(H,14,16). The van der Waals surface area contributed by atoms with E-state index in [2.05, 4.69) is 35.1 Å². The molecule has 1 aromatic rings. The number of aliphatic hydroxyl groups excluding tert-OH is 1. The van der Waals surface area contributed by atoms with Crippen LogP contribution in [-0.2, 0) is 10.2 Å². The SMILES string of the molecule is CC(C)(CNC(=O)C(N)CO)c1cc(Br)cs1. The fourth-order valence-electron chi connectivity index (χ4n) is 1.28. The second kappa shape index (κ2) is 5.95. The zero-order chi connectivity index (χ0) is 13.1. The van der Waals surface area contributed by atoms with Crippen LogP contribution in [0.5, 0.6) is 0 Å². The van der Waals surface area contributed by atoms with Gasteiger partial charge in [-0.1, -0.05) is 13.8 Å². The molecule has 1 amide bonds. The molecule has 1 atom stereocenters. The topological polar surface area (TPSA) is 75.4 Å². The van der Waals surface area contributed by atoms with Crippen LogP contribution < -0.4 is 11.1 Å². The Morgan fingerprint density at radius 3 is 2.82 bits per heavy atom. The van der Waals surface area contributed by atoms with Crippen molar-refractivity contribution in [1.29, 1.82) is 0 Å². The molecular weight excluding hydrogens is 304 g/mol. The van der Waals surface area contributed by atoms with E-state index in [0.29, 0.717) is 6.54 Å². The molecule has 1 aromatic heterocycles. The lowest BCUT2D eigenvalue weighted by Gasteiger charge is -2.24. The van der Waals surface area contributed by atoms with Gasteiger partial charge < -0.3 is 16.2 Å². The van der Waals surface area contributed by atoms with Crippen molar-refractivity contribution < 1.29 is 9.90 Å². The third-order valence-electron chi connectivity index (χ3n) is 2.47. The zero-order valence-electron chi connectivity index (χ0n) is 9.87. The van der Waals surface area contributed by atoms with Crippen LogP contribution in [0.3, 0.4) is 0 Å². The Hall–Kier alpha value is -0.430. The summed E-state index contributed by atoms with van der Waals surface area (Å²) in [4.78, 5) is 12.6. The van der Waals surface area contributed by atoms with Gasteiger partial charge in [-0.3, -0.25) is 4.79 Å². The summed E-state index contributed by atoms with van der Waals surface area (Å²) in [6, 6.07) is 1.20. The number of aliphatic hydroxyl groups is 1. The molecule has 0 aliphatic carbocycles. The monoisotopic (exact) mass is 320 g/mol. The van der Waals surface area contributed by atoms with Crippen molar-refractivity contribution in [2.75, 3.05) is 13.2 Å². The fourth-order valence-corrected chi connectivity index (χ4v) is 2.83. The highest BCUT2D eigenvalue weighted by atomic mass is 79.9. The van der Waals surface area contributed by atoms with Gasteiger partial charge in [0.1, 0.15) is 6.04 Å². The van der Waals surface area contributed by atoms with Crippen molar-refractivity contribution >= 4 is 33.2 Å². The highest BCUT2D eigenvalue weighted by Gasteiger charge is 2.24. The normalized spacial score (nSPS) is 13.5. The molecule has 4 N–H and O–H groups in total. The molecule has 1 unspecified atom stereocenters. The molecule has 6 heteroatoms. The van der Waals surface area contributed by atoms with Gasteiger partial charge >= 0.3 is 0 Å². The highest BCUT2D eigenvalue weighted by molar-refractivity contribution is 9.10. The molecule has 4 nitrogen and oxygen atoms in total. The Bertz CT molecular complexity index is 393. The molecule has 17 heavy (non-hydrogen) atoms. The van der Waals surface area contributed by atoms with Crippen molar-refractivity contribution in [3.05, 3.63) is 20.8 Å². The zero-order valence-corrected chi connectivity index (χ0v) is 12.3. The average Bonchev–Trinajstić information content (AvgIpc) is 2.72. The van der Waals surface area contributed by atoms with E-state index < -0.39 is 6.04 Å². The first-order valence-electron chi connectivity index (χ1n) is 5.25. The van der Waals surface area contributed by atoms with Gasteiger partial charge in [0.15, 0.2) is 0 Å². The third-order valence-corrected chi connectivity index (χ3v) is 4.53. The Balaban J connectivity index is 2.59. The molecule has 1 rings (SSSR count). The van der Waals surface area contributed by atoms with Crippen molar-refractivity contribution in [3.63, 3.8) is 0 Å². The largest absolute Gasteiger partial charge is 0.394 e. The van der Waals surface area contributed by atoms with E-state index in [0.717, 1.165) is 4.47 Å². The van der Waals surface area contributed by atoms with E-state index in [-0.39, 0.29) is 17.9 Å². The maximum atomic E-state index is 11.5. The van der Waals surface area contributed by atoms with Gasteiger partial charge in [-0.15, -0.1) is 11.3 Å². The van der Waals surface area contributed by atoms with Crippen LogP contribution >= 0.6 is 27.3 Å². The minimum atomic E-state index is -0.846. The molecule has 0 aliphatic rings. The van der Waals surface area contributed by atoms with Gasteiger partial charge in [0.25, 0.3) is 0 Å². The summed E-state index contributed by atoms with van der Waals surface area (Å²) in [5.74, 6) is -0.323. The number of hydrogen-bond acceptors (Lipinski definition) is 4. The van der Waals surface area contributed by atoms with Crippen LogP contribution in [0.2, 0.25) is 0 Å². The summed E-state index contributed by atoms with van der Waals surface area (Å²) in [5, 5.41) is 13.5. The lowest BCUT2D eigenvalue weighted by atomic mass is 9.91. The number of rotatable bonds is 5. The van der Waals surface area contributed by atoms with E-state index in [9.17, 15) is 4.79 Å². The molecule has 96 valence electrons. The number of carbonyl (C=O) groups excluding carboxylic acids is 1. The summed E-state index contributed by atoms with van der Waals surface area (Å²) in [6.07, 6.45) is 0. The van der Waals surface area contributed by atoms with E-state index >= 15 is 0 Å². The lowest BCUT2D eigenvalue weighted by Crippen LogP contribution is -2.46. The Labute approximate surface area is 113 Å². The van der Waals surface area contributed by atoms with Gasteiger partial charge in [-0.25, -0.2) is 0 Å². The number of halogens is 1. The number of nitrogens with two attached hydrogens (primary N) is 1. The molecule has 0 saturated carbocycles. The second-order valence-corrected chi connectivity index (χ2v) is 6.35. The predicted octanol–water partition coefficient (Wildman–Crippen LogP) is 1.22. The van der Waals surface area contributed by atoms with Gasteiger partial charge in [0.05, 0.1) is 6.61 Å². The Morgan fingerprint density at radius 2 is 2.35 bits per heavy atom. The maximum Gasteiger partial charge on any atom is 0.239 e. The van der Waals surface area contributed by atoms with Crippen molar-refractivity contribution in [2.24, 2.45) is 5.73 Å². The van der Waals surface area contributed by atoms with E-state index in [1.54, 1.807) is 11.3 Å². The van der Waals surface area contributed by atoms with Crippen LogP contribution in [0.25, 0.3) is 0 Å². The minimum Gasteiger partial charge on any atom is -0.394 e. The van der Waals surface area contributed by atoms with Gasteiger partial charge in [-0.2, -0.15) is 0 Å². The summed E-state index contributed by atoms with van der Waals surface area (Å²) >= 11 is 5.05. The molecule has 0 aliphatic heterocycles. The highest BCUT2D eigenvalue weighted by Crippen LogP contribution is 2.30. The van der Waals surface area contributed by atoms with Gasteiger partial charge in [0.2, 0.25) is 5.91 Å². The first-order chi connectivity index (χ1) is 7.86. The van der Waals surface area contributed by atoms with E-state index in [1.165, 1.54) is 4.88 Å². The number of carbonyl (C=O) groups is 1. The quantitative estimate of drug-likeness (QED) is 0.763. The van der Waals surface area contributed by atoms with Gasteiger partial charge in [0, 0.05) is 26.7 Å². The molecule has 0 saturated heterocycles. The first kappa shape index (κ1) is 14.6. The fraction of sp³-hybridized carbons (Fsp3) is 0.545. The van der Waals surface area contributed by atoms with Gasteiger partial charge in [-0.05, 0) is 22.0 Å².